The molecule has 0 spiro atoms. The van der Waals surface area contributed by atoms with Gasteiger partial charge >= 0.3 is 6.61 Å². The van der Waals surface area contributed by atoms with Gasteiger partial charge in [-0.15, -0.1) is 0 Å². The average Bonchev–Trinajstić information content (AvgIpc) is 3.08. The molecule has 0 unspecified atom stereocenters. The van der Waals surface area contributed by atoms with Crippen LogP contribution in [-0.2, 0) is 6.54 Å². The molecule has 0 radical (unpaired) electrons. The van der Waals surface area contributed by atoms with E-state index >= 15 is 0 Å². The molecule has 1 heterocycles. The van der Waals surface area contributed by atoms with Gasteiger partial charge in [-0.3, -0.25) is 4.99 Å². The molecule has 1 aliphatic rings. The number of fused-ring (bicyclic) bond motifs is 1. The molecule has 1 aromatic carbocycles. The van der Waals surface area contributed by atoms with Crippen molar-refractivity contribution in [3.05, 3.63) is 17.7 Å². The third kappa shape index (κ3) is 5.62. The lowest BCUT2D eigenvalue weighted by Crippen LogP contribution is -2.41. The maximum atomic E-state index is 12.7. The van der Waals surface area contributed by atoms with Crippen molar-refractivity contribution in [1.29, 1.82) is 0 Å². The van der Waals surface area contributed by atoms with Gasteiger partial charge in [-0.1, -0.05) is 13.8 Å². The van der Waals surface area contributed by atoms with Crippen molar-refractivity contribution in [2.24, 2.45) is 4.99 Å². The second-order valence-electron chi connectivity index (χ2n) is 5.57. The molecular weight excluding hydrogens is 346 g/mol. The minimum absolute atomic E-state index is 0.0512. The highest BCUT2D eigenvalue weighted by Gasteiger charge is 2.20. The Labute approximate surface area is 152 Å². The molecule has 0 atom stereocenters. The van der Waals surface area contributed by atoms with E-state index in [0.29, 0.717) is 23.0 Å². The van der Waals surface area contributed by atoms with E-state index in [4.69, 9.17) is 9.47 Å². The number of nitrogens with one attached hydrogen (secondary N) is 2. The van der Waals surface area contributed by atoms with Gasteiger partial charge in [0.05, 0.1) is 0 Å². The largest absolute Gasteiger partial charge is 0.454 e. The summed E-state index contributed by atoms with van der Waals surface area (Å²) in [4.78, 5) is 6.43. The summed E-state index contributed by atoms with van der Waals surface area (Å²) in [6, 6.07) is 3.05. The smallest absolute Gasteiger partial charge is 0.387 e. The van der Waals surface area contributed by atoms with Crippen LogP contribution in [0.1, 0.15) is 19.4 Å². The number of likely N-dealkylation sites (N-methyl/N-ethyl adjacent to an activating group) is 1. The van der Waals surface area contributed by atoms with Crippen molar-refractivity contribution in [2.75, 3.05) is 40.0 Å². The fourth-order valence-corrected chi connectivity index (χ4v) is 2.58. The van der Waals surface area contributed by atoms with Crippen molar-refractivity contribution in [2.45, 2.75) is 27.0 Å². The quantitative estimate of drug-likeness (QED) is 0.511. The Bertz CT molecular complexity index is 610. The van der Waals surface area contributed by atoms with Crippen LogP contribution in [0, 0.1) is 0 Å². The zero-order chi connectivity index (χ0) is 18.9. The van der Waals surface area contributed by atoms with Crippen molar-refractivity contribution in [3.8, 4) is 17.2 Å². The van der Waals surface area contributed by atoms with Crippen LogP contribution in [0.4, 0.5) is 8.78 Å². The van der Waals surface area contributed by atoms with Crippen LogP contribution in [0.25, 0.3) is 0 Å². The highest BCUT2D eigenvalue weighted by molar-refractivity contribution is 5.79. The lowest BCUT2D eigenvalue weighted by atomic mass is 10.1. The summed E-state index contributed by atoms with van der Waals surface area (Å²) in [7, 11) is 1.66. The number of halogens is 2. The van der Waals surface area contributed by atoms with Gasteiger partial charge in [0.25, 0.3) is 0 Å². The number of hydrogen-bond donors (Lipinski definition) is 2. The van der Waals surface area contributed by atoms with Gasteiger partial charge in [-0.2, -0.15) is 8.78 Å². The van der Waals surface area contributed by atoms with Crippen LogP contribution in [0.3, 0.4) is 0 Å². The molecule has 0 saturated heterocycles. The minimum atomic E-state index is -2.92. The normalized spacial score (nSPS) is 13.4. The molecule has 146 valence electrons. The summed E-state index contributed by atoms with van der Waals surface area (Å²) in [5.74, 6) is 1.53. The van der Waals surface area contributed by atoms with Gasteiger partial charge in [0.1, 0.15) is 5.75 Å². The number of rotatable bonds is 9. The topological polar surface area (TPSA) is 67.4 Å². The van der Waals surface area contributed by atoms with E-state index in [-0.39, 0.29) is 19.1 Å². The molecule has 2 N–H and O–H groups in total. The van der Waals surface area contributed by atoms with E-state index in [1.807, 2.05) is 0 Å². The molecule has 9 heteroatoms. The summed E-state index contributed by atoms with van der Waals surface area (Å²) in [5, 5.41) is 6.30. The first-order chi connectivity index (χ1) is 12.6. The fourth-order valence-electron chi connectivity index (χ4n) is 2.58. The molecule has 0 fully saturated rings. The number of ether oxygens (including phenoxy) is 3. The molecule has 1 aromatic rings. The van der Waals surface area contributed by atoms with Crippen LogP contribution in [0.15, 0.2) is 17.1 Å². The predicted octanol–water partition coefficient (Wildman–Crippen LogP) is 2.02. The van der Waals surface area contributed by atoms with Crippen LogP contribution in [0.2, 0.25) is 0 Å². The van der Waals surface area contributed by atoms with Crippen LogP contribution in [0.5, 0.6) is 17.2 Å². The van der Waals surface area contributed by atoms with Crippen molar-refractivity contribution in [3.63, 3.8) is 0 Å². The standard InChI is InChI=1S/C17H26F2N4O3/c1-4-23(5-2)7-6-21-17(20-3)22-10-12-8-14-15(25-11-24-14)9-13(12)26-16(18)19/h8-9,16H,4-7,10-11H2,1-3H3,(H2,20,21,22). The SMILES string of the molecule is CCN(CC)CCNC(=NC)NCc1cc2c(cc1OC(F)F)OCO2. The van der Waals surface area contributed by atoms with Crippen LogP contribution >= 0.6 is 0 Å². The number of nitrogens with zero attached hydrogens (tertiary/aromatic N) is 2. The Kier molecular flexibility index (Phi) is 7.71. The van der Waals surface area contributed by atoms with Gasteiger partial charge in [0.15, 0.2) is 17.5 Å². The first-order valence-electron chi connectivity index (χ1n) is 8.61. The molecule has 0 aromatic heterocycles. The van der Waals surface area contributed by atoms with Crippen molar-refractivity contribution >= 4 is 5.96 Å². The lowest BCUT2D eigenvalue weighted by Gasteiger charge is -2.19. The third-order valence-electron chi connectivity index (χ3n) is 4.06. The van der Waals surface area contributed by atoms with Crippen molar-refractivity contribution < 1.29 is 23.0 Å². The summed E-state index contributed by atoms with van der Waals surface area (Å²) in [5.41, 5.74) is 0.529. The van der Waals surface area contributed by atoms with Crippen LogP contribution < -0.4 is 24.8 Å². The fraction of sp³-hybridized carbons (Fsp3) is 0.588. The van der Waals surface area contributed by atoms with E-state index < -0.39 is 6.61 Å². The third-order valence-corrected chi connectivity index (χ3v) is 4.06. The minimum Gasteiger partial charge on any atom is -0.454 e. The molecule has 1 aliphatic heterocycles. The average molecular weight is 372 g/mol. The number of hydrogen-bond acceptors (Lipinski definition) is 5. The lowest BCUT2D eigenvalue weighted by molar-refractivity contribution is -0.0505. The molecule has 7 nitrogen and oxygen atoms in total. The van der Waals surface area contributed by atoms with Crippen molar-refractivity contribution in [1.82, 2.24) is 15.5 Å². The van der Waals surface area contributed by atoms with E-state index in [0.717, 1.165) is 26.2 Å². The molecule has 0 amide bonds. The molecule has 0 bridgehead atoms. The maximum Gasteiger partial charge on any atom is 0.387 e. The first kappa shape index (κ1) is 20.0. The highest BCUT2D eigenvalue weighted by atomic mass is 19.3. The van der Waals surface area contributed by atoms with E-state index in [2.05, 4.69) is 39.1 Å². The highest BCUT2D eigenvalue weighted by Crippen LogP contribution is 2.38. The molecular formula is C17H26F2N4O3. The summed E-state index contributed by atoms with van der Waals surface area (Å²) >= 11 is 0. The number of benzene rings is 1. The Morgan fingerprint density at radius 3 is 2.54 bits per heavy atom. The molecule has 2 rings (SSSR count). The van der Waals surface area contributed by atoms with Gasteiger partial charge in [0.2, 0.25) is 6.79 Å². The Morgan fingerprint density at radius 1 is 1.23 bits per heavy atom. The zero-order valence-electron chi connectivity index (χ0n) is 15.3. The van der Waals surface area contributed by atoms with Gasteiger partial charge in [-0.05, 0) is 19.2 Å². The molecule has 0 aliphatic carbocycles. The van der Waals surface area contributed by atoms with Gasteiger partial charge in [-0.25, -0.2) is 0 Å². The monoisotopic (exact) mass is 372 g/mol. The zero-order valence-corrected chi connectivity index (χ0v) is 15.3. The van der Waals surface area contributed by atoms with Gasteiger partial charge < -0.3 is 29.7 Å². The Morgan fingerprint density at radius 2 is 1.92 bits per heavy atom. The Hall–Kier alpha value is -2.29. The Balaban J connectivity index is 1.96. The second-order valence-corrected chi connectivity index (χ2v) is 5.57. The predicted molar refractivity (Wildman–Crippen MR) is 95.2 cm³/mol. The second kappa shape index (κ2) is 10.0. The first-order valence-corrected chi connectivity index (χ1v) is 8.61. The number of alkyl halides is 2. The molecule has 26 heavy (non-hydrogen) atoms. The summed E-state index contributed by atoms with van der Waals surface area (Å²) in [6.07, 6.45) is 0. The van der Waals surface area contributed by atoms with E-state index in [1.54, 1.807) is 13.1 Å². The van der Waals surface area contributed by atoms with E-state index in [9.17, 15) is 8.78 Å². The van der Waals surface area contributed by atoms with E-state index in [1.165, 1.54) is 6.07 Å². The summed E-state index contributed by atoms with van der Waals surface area (Å²) in [6.45, 7) is 5.20. The van der Waals surface area contributed by atoms with Crippen LogP contribution in [-0.4, -0.2) is 57.5 Å². The summed E-state index contributed by atoms with van der Waals surface area (Å²) < 4.78 is 40.5. The molecule has 0 saturated carbocycles. The van der Waals surface area contributed by atoms with Gasteiger partial charge in [0, 0.05) is 38.3 Å². The maximum absolute atomic E-state index is 12.7. The number of guanidine groups is 1. The number of aliphatic imine (C=N–C) groups is 1.